The highest BCUT2D eigenvalue weighted by molar-refractivity contribution is 5.57. The summed E-state index contributed by atoms with van der Waals surface area (Å²) in [5.74, 6) is -0.723. The van der Waals surface area contributed by atoms with Crippen molar-refractivity contribution in [3.05, 3.63) is 42.2 Å². The minimum atomic E-state index is -0.559. The number of hydrogen-bond donors (Lipinski definition) is 0. The van der Waals surface area contributed by atoms with Gasteiger partial charge in [0.05, 0.1) is 5.56 Å². The Morgan fingerprint density at radius 3 is 2.47 bits per heavy atom. The van der Waals surface area contributed by atoms with Crippen molar-refractivity contribution in [1.29, 1.82) is 0 Å². The Morgan fingerprint density at radius 2 is 1.88 bits per heavy atom. The van der Waals surface area contributed by atoms with Crippen LogP contribution in [0.4, 0.5) is 8.78 Å². The predicted molar refractivity (Wildman–Crippen MR) is 60.5 cm³/mol. The standard InChI is InChI=1S/C13H12F2N2/c14-10-5-2-6-11(15)12(10)13-16-7-8-17(13)9-3-1-4-9/h2,5-9H,1,3-4H2. The third-order valence-electron chi connectivity index (χ3n) is 3.32. The Hall–Kier alpha value is -1.71. The van der Waals surface area contributed by atoms with Crippen molar-refractivity contribution in [1.82, 2.24) is 9.55 Å². The summed E-state index contributed by atoms with van der Waals surface area (Å²) in [7, 11) is 0. The lowest BCUT2D eigenvalue weighted by Crippen LogP contribution is -2.17. The highest BCUT2D eigenvalue weighted by Crippen LogP contribution is 2.35. The number of benzene rings is 1. The molecule has 0 amide bonds. The Morgan fingerprint density at radius 1 is 1.18 bits per heavy atom. The maximum absolute atomic E-state index is 13.7. The van der Waals surface area contributed by atoms with Crippen molar-refractivity contribution >= 4 is 0 Å². The van der Waals surface area contributed by atoms with Gasteiger partial charge in [-0.25, -0.2) is 13.8 Å². The van der Waals surface area contributed by atoms with Crippen LogP contribution in [0.15, 0.2) is 30.6 Å². The first-order valence-corrected chi connectivity index (χ1v) is 5.74. The molecule has 1 aliphatic carbocycles. The molecule has 1 aromatic heterocycles. The van der Waals surface area contributed by atoms with Gasteiger partial charge in [0.25, 0.3) is 0 Å². The normalized spacial score (nSPS) is 15.9. The van der Waals surface area contributed by atoms with Crippen molar-refractivity contribution in [3.63, 3.8) is 0 Å². The van der Waals surface area contributed by atoms with Crippen molar-refractivity contribution in [2.24, 2.45) is 0 Å². The van der Waals surface area contributed by atoms with Gasteiger partial charge in [-0.2, -0.15) is 0 Å². The molecular weight excluding hydrogens is 222 g/mol. The summed E-state index contributed by atoms with van der Waals surface area (Å²) in [4.78, 5) is 4.09. The molecule has 1 aliphatic rings. The fraction of sp³-hybridized carbons (Fsp3) is 0.308. The van der Waals surface area contributed by atoms with Gasteiger partial charge in [-0.3, -0.25) is 0 Å². The third-order valence-corrected chi connectivity index (χ3v) is 3.32. The zero-order valence-electron chi connectivity index (χ0n) is 9.24. The fourth-order valence-electron chi connectivity index (χ4n) is 2.18. The summed E-state index contributed by atoms with van der Waals surface area (Å²) in [5.41, 5.74) is -0.0237. The minimum absolute atomic E-state index is 0.0237. The Kier molecular flexibility index (Phi) is 2.42. The molecule has 3 rings (SSSR count). The second-order valence-corrected chi connectivity index (χ2v) is 4.34. The molecule has 2 nitrogen and oxygen atoms in total. The van der Waals surface area contributed by atoms with Crippen molar-refractivity contribution in [2.75, 3.05) is 0 Å². The van der Waals surface area contributed by atoms with E-state index in [-0.39, 0.29) is 5.56 Å². The van der Waals surface area contributed by atoms with Crippen LogP contribution >= 0.6 is 0 Å². The predicted octanol–water partition coefficient (Wildman–Crippen LogP) is 3.55. The molecule has 1 saturated carbocycles. The van der Waals surface area contributed by atoms with E-state index in [4.69, 9.17) is 0 Å². The summed E-state index contributed by atoms with van der Waals surface area (Å²) < 4.78 is 29.3. The van der Waals surface area contributed by atoms with E-state index in [0.29, 0.717) is 11.9 Å². The molecule has 0 unspecified atom stereocenters. The Labute approximate surface area is 97.9 Å². The largest absolute Gasteiger partial charge is 0.328 e. The van der Waals surface area contributed by atoms with Crippen molar-refractivity contribution in [2.45, 2.75) is 25.3 Å². The van der Waals surface area contributed by atoms with Gasteiger partial charge in [0.15, 0.2) is 0 Å². The number of rotatable bonds is 2. The molecule has 88 valence electrons. The average Bonchev–Trinajstić information content (AvgIpc) is 2.64. The van der Waals surface area contributed by atoms with Crippen LogP contribution in [-0.2, 0) is 0 Å². The maximum atomic E-state index is 13.7. The maximum Gasteiger partial charge on any atom is 0.146 e. The van der Waals surface area contributed by atoms with Gasteiger partial charge < -0.3 is 4.57 Å². The summed E-state index contributed by atoms with van der Waals surface area (Å²) >= 11 is 0. The van der Waals surface area contributed by atoms with Crippen LogP contribution in [0.5, 0.6) is 0 Å². The van der Waals surface area contributed by atoms with Gasteiger partial charge in [0.2, 0.25) is 0 Å². The second kappa shape index (κ2) is 3.95. The van der Waals surface area contributed by atoms with E-state index in [1.807, 2.05) is 4.57 Å². The molecule has 1 heterocycles. The van der Waals surface area contributed by atoms with Gasteiger partial charge in [-0.15, -0.1) is 0 Å². The molecule has 0 radical (unpaired) electrons. The quantitative estimate of drug-likeness (QED) is 0.777. The molecule has 0 aliphatic heterocycles. The first kappa shape index (κ1) is 10.4. The molecule has 0 spiro atoms. The van der Waals surface area contributed by atoms with Crippen LogP contribution in [0.2, 0.25) is 0 Å². The van der Waals surface area contributed by atoms with Crippen molar-refractivity contribution < 1.29 is 8.78 Å². The molecular formula is C13H12F2N2. The molecule has 0 bridgehead atoms. The number of aromatic nitrogens is 2. The number of hydrogen-bond acceptors (Lipinski definition) is 1. The number of imidazole rings is 1. The topological polar surface area (TPSA) is 17.8 Å². The van der Waals surface area contributed by atoms with Crippen LogP contribution in [0.3, 0.4) is 0 Å². The van der Waals surface area contributed by atoms with Gasteiger partial charge in [-0.1, -0.05) is 6.07 Å². The van der Waals surface area contributed by atoms with Crippen LogP contribution in [0.25, 0.3) is 11.4 Å². The van der Waals surface area contributed by atoms with Crippen LogP contribution in [0, 0.1) is 11.6 Å². The fourth-order valence-corrected chi connectivity index (χ4v) is 2.18. The van der Waals surface area contributed by atoms with E-state index >= 15 is 0 Å². The van der Waals surface area contributed by atoms with Gasteiger partial charge in [0.1, 0.15) is 17.5 Å². The SMILES string of the molecule is Fc1cccc(F)c1-c1nccn1C1CCC1. The lowest BCUT2D eigenvalue weighted by molar-refractivity contribution is 0.315. The first-order chi connectivity index (χ1) is 8.27. The summed E-state index contributed by atoms with van der Waals surface area (Å²) in [6, 6.07) is 4.23. The summed E-state index contributed by atoms with van der Waals surface area (Å²) in [6.07, 6.45) is 6.67. The van der Waals surface area contributed by atoms with E-state index in [2.05, 4.69) is 4.98 Å². The minimum Gasteiger partial charge on any atom is -0.328 e. The van der Waals surface area contributed by atoms with E-state index < -0.39 is 11.6 Å². The van der Waals surface area contributed by atoms with Crippen molar-refractivity contribution in [3.8, 4) is 11.4 Å². The molecule has 17 heavy (non-hydrogen) atoms. The number of nitrogens with zero attached hydrogens (tertiary/aromatic N) is 2. The number of halogens is 2. The molecule has 0 saturated heterocycles. The Balaban J connectivity index is 2.12. The molecule has 0 atom stereocenters. The van der Waals surface area contributed by atoms with Crippen LogP contribution < -0.4 is 0 Å². The lowest BCUT2D eigenvalue weighted by Gasteiger charge is -2.28. The highest BCUT2D eigenvalue weighted by atomic mass is 19.1. The third kappa shape index (κ3) is 1.64. The summed E-state index contributed by atoms with van der Waals surface area (Å²) in [6.45, 7) is 0. The monoisotopic (exact) mass is 234 g/mol. The average molecular weight is 234 g/mol. The van der Waals surface area contributed by atoms with Gasteiger partial charge >= 0.3 is 0 Å². The molecule has 2 aromatic rings. The van der Waals surface area contributed by atoms with Gasteiger partial charge in [-0.05, 0) is 31.4 Å². The van der Waals surface area contributed by atoms with E-state index in [1.165, 1.54) is 24.6 Å². The second-order valence-electron chi connectivity index (χ2n) is 4.34. The van der Waals surface area contributed by atoms with E-state index in [1.54, 1.807) is 12.4 Å². The first-order valence-electron chi connectivity index (χ1n) is 5.74. The van der Waals surface area contributed by atoms with Crippen LogP contribution in [0.1, 0.15) is 25.3 Å². The zero-order valence-corrected chi connectivity index (χ0v) is 9.24. The zero-order chi connectivity index (χ0) is 11.8. The molecule has 1 aromatic carbocycles. The lowest BCUT2D eigenvalue weighted by atomic mass is 9.92. The highest BCUT2D eigenvalue weighted by Gasteiger charge is 2.24. The molecule has 4 heteroatoms. The van der Waals surface area contributed by atoms with E-state index in [0.717, 1.165) is 12.8 Å². The molecule has 1 fully saturated rings. The van der Waals surface area contributed by atoms with Crippen LogP contribution in [-0.4, -0.2) is 9.55 Å². The summed E-state index contributed by atoms with van der Waals surface area (Å²) in [5, 5.41) is 0. The van der Waals surface area contributed by atoms with Gasteiger partial charge in [0, 0.05) is 18.4 Å². The Bertz CT molecular complexity index is 524. The molecule has 0 N–H and O–H groups in total. The smallest absolute Gasteiger partial charge is 0.146 e. The van der Waals surface area contributed by atoms with E-state index in [9.17, 15) is 8.78 Å².